The lowest BCUT2D eigenvalue weighted by atomic mass is 9.91. The maximum atomic E-state index is 12.6. The van der Waals surface area contributed by atoms with Gasteiger partial charge in [0.2, 0.25) is 0 Å². The number of carbonyl (C=O) groups excluding carboxylic acids is 1. The third kappa shape index (κ3) is 2.49. The van der Waals surface area contributed by atoms with Crippen molar-refractivity contribution in [2.24, 2.45) is 5.92 Å². The third-order valence-corrected chi connectivity index (χ3v) is 4.56. The Morgan fingerprint density at radius 1 is 1.30 bits per heavy atom. The van der Waals surface area contributed by atoms with E-state index >= 15 is 0 Å². The van der Waals surface area contributed by atoms with Crippen molar-refractivity contribution in [1.82, 2.24) is 0 Å². The van der Waals surface area contributed by atoms with E-state index in [2.05, 4.69) is 0 Å². The van der Waals surface area contributed by atoms with E-state index in [1.807, 2.05) is 41.8 Å². The molecule has 3 nitrogen and oxygen atoms in total. The molecule has 0 amide bonds. The Labute approximate surface area is 122 Å². The fourth-order valence-electron chi connectivity index (χ4n) is 2.56. The number of rotatable bonds is 4. The first-order valence-electron chi connectivity index (χ1n) is 6.63. The fourth-order valence-corrected chi connectivity index (χ4v) is 3.40. The van der Waals surface area contributed by atoms with Crippen molar-refractivity contribution in [2.45, 2.75) is 12.5 Å². The number of hydrogen-bond donors (Lipinski definition) is 0. The van der Waals surface area contributed by atoms with E-state index in [-0.39, 0.29) is 17.8 Å². The molecule has 2 atom stereocenters. The number of Topliss-reactive ketones (excluding diaryl/α,β-unsaturated/α-hetero) is 1. The number of carbonyl (C=O) groups is 1. The van der Waals surface area contributed by atoms with Crippen LogP contribution in [-0.4, -0.2) is 19.5 Å². The maximum absolute atomic E-state index is 12.6. The number of hydrogen-bond acceptors (Lipinski definition) is 4. The van der Waals surface area contributed by atoms with E-state index in [1.54, 1.807) is 18.4 Å². The molecule has 0 spiro atoms. The highest BCUT2D eigenvalue weighted by molar-refractivity contribution is 7.10. The Balaban J connectivity index is 1.81. The summed E-state index contributed by atoms with van der Waals surface area (Å²) in [5.41, 5.74) is 0.725. The van der Waals surface area contributed by atoms with Crippen LogP contribution in [0.1, 0.15) is 27.8 Å². The highest BCUT2D eigenvalue weighted by atomic mass is 32.1. The number of methoxy groups -OCH3 is 1. The topological polar surface area (TPSA) is 35.5 Å². The van der Waals surface area contributed by atoms with Crippen LogP contribution in [0.5, 0.6) is 5.75 Å². The smallest absolute Gasteiger partial charge is 0.169 e. The average Bonchev–Trinajstić information content (AvgIpc) is 3.16. The van der Waals surface area contributed by atoms with Crippen molar-refractivity contribution < 1.29 is 14.3 Å². The molecule has 0 radical (unpaired) electrons. The van der Waals surface area contributed by atoms with Crippen molar-refractivity contribution in [1.29, 1.82) is 0 Å². The van der Waals surface area contributed by atoms with Gasteiger partial charge in [-0.1, -0.05) is 6.07 Å². The normalized spacial score (nSPS) is 21.9. The standard InChI is InChI=1S/C16H16O3S/c1-18-12-6-4-11(5-7-12)15(17)13-8-9-19-16(13)14-3-2-10-20-14/h2-7,10,13,16H,8-9H2,1H3/t13-,16+/m0/s1. The molecule has 1 aliphatic heterocycles. The van der Waals surface area contributed by atoms with Gasteiger partial charge < -0.3 is 9.47 Å². The van der Waals surface area contributed by atoms with Gasteiger partial charge in [0, 0.05) is 17.0 Å². The first-order valence-corrected chi connectivity index (χ1v) is 7.51. The summed E-state index contributed by atoms with van der Waals surface area (Å²) in [4.78, 5) is 13.8. The van der Waals surface area contributed by atoms with E-state index in [9.17, 15) is 4.79 Å². The van der Waals surface area contributed by atoms with Gasteiger partial charge in [0.15, 0.2) is 5.78 Å². The van der Waals surface area contributed by atoms with Crippen molar-refractivity contribution >= 4 is 17.1 Å². The minimum Gasteiger partial charge on any atom is -0.497 e. The molecule has 0 aliphatic carbocycles. The van der Waals surface area contributed by atoms with Gasteiger partial charge in [-0.3, -0.25) is 4.79 Å². The zero-order chi connectivity index (χ0) is 13.9. The molecule has 20 heavy (non-hydrogen) atoms. The minimum absolute atomic E-state index is 0.0814. The van der Waals surface area contributed by atoms with Crippen LogP contribution in [0.15, 0.2) is 41.8 Å². The molecule has 104 valence electrons. The summed E-state index contributed by atoms with van der Waals surface area (Å²) in [5.74, 6) is 0.838. The summed E-state index contributed by atoms with van der Waals surface area (Å²) in [6.45, 7) is 0.648. The molecule has 1 aromatic carbocycles. The van der Waals surface area contributed by atoms with Gasteiger partial charge in [-0.15, -0.1) is 11.3 Å². The first-order chi connectivity index (χ1) is 9.79. The van der Waals surface area contributed by atoms with E-state index in [4.69, 9.17) is 9.47 Å². The Kier molecular flexibility index (Phi) is 3.85. The molecule has 1 saturated heterocycles. The number of ketones is 1. The van der Waals surface area contributed by atoms with Crippen LogP contribution in [0.4, 0.5) is 0 Å². The Morgan fingerprint density at radius 2 is 2.10 bits per heavy atom. The van der Waals surface area contributed by atoms with Gasteiger partial charge in [-0.25, -0.2) is 0 Å². The predicted molar refractivity (Wildman–Crippen MR) is 78.4 cm³/mol. The van der Waals surface area contributed by atoms with Crippen LogP contribution >= 0.6 is 11.3 Å². The van der Waals surface area contributed by atoms with Gasteiger partial charge in [0.05, 0.1) is 13.0 Å². The lowest BCUT2D eigenvalue weighted by Crippen LogP contribution is -2.18. The maximum Gasteiger partial charge on any atom is 0.169 e. The third-order valence-electron chi connectivity index (χ3n) is 3.63. The second-order valence-corrected chi connectivity index (χ2v) is 5.77. The summed E-state index contributed by atoms with van der Waals surface area (Å²) in [6, 6.07) is 11.3. The zero-order valence-electron chi connectivity index (χ0n) is 11.2. The molecule has 0 bridgehead atoms. The molecule has 4 heteroatoms. The largest absolute Gasteiger partial charge is 0.497 e. The quantitative estimate of drug-likeness (QED) is 0.804. The second kappa shape index (κ2) is 5.77. The minimum atomic E-state index is -0.0930. The summed E-state index contributed by atoms with van der Waals surface area (Å²) in [6.07, 6.45) is 0.692. The molecule has 0 saturated carbocycles. The van der Waals surface area contributed by atoms with Crippen LogP contribution in [0.25, 0.3) is 0 Å². The van der Waals surface area contributed by atoms with E-state index < -0.39 is 0 Å². The van der Waals surface area contributed by atoms with Gasteiger partial charge >= 0.3 is 0 Å². The summed E-state index contributed by atoms with van der Waals surface area (Å²) >= 11 is 1.65. The van der Waals surface area contributed by atoms with Crippen molar-refractivity contribution in [3.8, 4) is 5.75 Å². The molecule has 2 aromatic rings. The van der Waals surface area contributed by atoms with Crippen LogP contribution in [0, 0.1) is 5.92 Å². The lowest BCUT2D eigenvalue weighted by molar-refractivity contribution is 0.0714. The summed E-state index contributed by atoms with van der Waals surface area (Å²) < 4.78 is 10.9. The van der Waals surface area contributed by atoms with Crippen LogP contribution < -0.4 is 4.74 Å². The molecule has 1 fully saturated rings. The Morgan fingerprint density at radius 3 is 2.75 bits per heavy atom. The van der Waals surface area contributed by atoms with Gasteiger partial charge in [0.1, 0.15) is 11.9 Å². The van der Waals surface area contributed by atoms with E-state index in [1.165, 1.54) is 0 Å². The van der Waals surface area contributed by atoms with Crippen LogP contribution in [-0.2, 0) is 4.74 Å². The average molecular weight is 288 g/mol. The first kappa shape index (κ1) is 13.3. The molecule has 3 rings (SSSR count). The van der Waals surface area contributed by atoms with Gasteiger partial charge in [-0.2, -0.15) is 0 Å². The zero-order valence-corrected chi connectivity index (χ0v) is 12.1. The predicted octanol–water partition coefficient (Wildman–Crippen LogP) is 3.72. The second-order valence-electron chi connectivity index (χ2n) is 4.79. The highest BCUT2D eigenvalue weighted by Gasteiger charge is 2.36. The molecular formula is C16H16O3S. The monoisotopic (exact) mass is 288 g/mol. The molecule has 2 heterocycles. The molecular weight excluding hydrogens is 272 g/mol. The van der Waals surface area contributed by atoms with Crippen molar-refractivity contribution in [3.63, 3.8) is 0 Å². The Bertz CT molecular complexity index is 574. The highest BCUT2D eigenvalue weighted by Crippen LogP contribution is 2.38. The Hall–Kier alpha value is -1.65. The van der Waals surface area contributed by atoms with Crippen molar-refractivity contribution in [2.75, 3.05) is 13.7 Å². The number of thiophene rings is 1. The molecule has 0 N–H and O–H groups in total. The molecule has 0 unspecified atom stereocenters. The molecule has 1 aliphatic rings. The number of ether oxygens (including phenoxy) is 2. The van der Waals surface area contributed by atoms with Crippen LogP contribution in [0.2, 0.25) is 0 Å². The number of benzene rings is 1. The van der Waals surface area contributed by atoms with E-state index in [0.717, 1.165) is 22.6 Å². The summed E-state index contributed by atoms with van der Waals surface area (Å²) in [7, 11) is 1.62. The lowest BCUT2D eigenvalue weighted by Gasteiger charge is -2.16. The van der Waals surface area contributed by atoms with E-state index in [0.29, 0.717) is 6.61 Å². The van der Waals surface area contributed by atoms with Crippen molar-refractivity contribution in [3.05, 3.63) is 52.2 Å². The fraction of sp³-hybridized carbons (Fsp3) is 0.312. The summed E-state index contributed by atoms with van der Waals surface area (Å²) in [5, 5.41) is 2.02. The van der Waals surface area contributed by atoms with Gasteiger partial charge in [0.25, 0.3) is 0 Å². The van der Waals surface area contributed by atoms with Crippen LogP contribution in [0.3, 0.4) is 0 Å². The SMILES string of the molecule is COc1ccc(C(=O)[C@@H]2CCO[C@H]2c2cccs2)cc1. The van der Waals surface area contributed by atoms with Gasteiger partial charge in [-0.05, 0) is 42.1 Å². The molecule has 1 aromatic heterocycles.